The van der Waals surface area contributed by atoms with Crippen LogP contribution in [0.25, 0.3) is 0 Å². The van der Waals surface area contributed by atoms with E-state index in [0.717, 1.165) is 38.5 Å². The molecule has 2 atom stereocenters. The Morgan fingerprint density at radius 3 is 2.30 bits per heavy atom. The molecule has 23 heavy (non-hydrogen) atoms. The zero-order valence-electron chi connectivity index (χ0n) is 15.8. The minimum atomic E-state index is -0.657. The second-order valence-electron chi connectivity index (χ2n) is 9.45. The molecule has 0 aromatic heterocycles. The van der Waals surface area contributed by atoms with Crippen molar-refractivity contribution in [2.45, 2.75) is 65.9 Å². The number of hydrogen-bond acceptors (Lipinski definition) is 3. The number of nitrogens with zero attached hydrogens (tertiary/aromatic N) is 2. The van der Waals surface area contributed by atoms with E-state index in [1.165, 1.54) is 19.3 Å². The Hall–Kier alpha value is -0.610. The van der Waals surface area contributed by atoms with Gasteiger partial charge in [-0.15, -0.1) is 0 Å². The van der Waals surface area contributed by atoms with E-state index < -0.39 is 5.60 Å². The van der Waals surface area contributed by atoms with E-state index in [1.807, 2.05) is 18.7 Å². The highest BCUT2D eigenvalue weighted by atomic mass is 16.3. The molecule has 0 aromatic rings. The van der Waals surface area contributed by atoms with Crippen LogP contribution >= 0.6 is 0 Å². The second kappa shape index (κ2) is 7.10. The fraction of sp³-hybridized carbons (Fsp3) is 0.947. The first-order chi connectivity index (χ1) is 10.5. The molecular formula is C19H36N2O2. The van der Waals surface area contributed by atoms with Crippen LogP contribution in [0.1, 0.15) is 60.3 Å². The average Bonchev–Trinajstić information content (AvgIpc) is 2.34. The predicted octanol–water partition coefficient (Wildman–Crippen LogP) is 2.75. The molecule has 0 aromatic carbocycles. The van der Waals surface area contributed by atoms with E-state index in [0.29, 0.717) is 23.8 Å². The van der Waals surface area contributed by atoms with Crippen molar-refractivity contribution < 1.29 is 9.90 Å². The van der Waals surface area contributed by atoms with Crippen molar-refractivity contribution in [1.29, 1.82) is 0 Å². The summed E-state index contributed by atoms with van der Waals surface area (Å²) in [6.07, 6.45) is 4.39. The van der Waals surface area contributed by atoms with Gasteiger partial charge >= 0.3 is 0 Å². The van der Waals surface area contributed by atoms with Crippen LogP contribution in [0, 0.1) is 17.3 Å². The van der Waals surface area contributed by atoms with Gasteiger partial charge in [-0.2, -0.15) is 0 Å². The number of hydrogen-bond donors (Lipinski definition) is 1. The van der Waals surface area contributed by atoms with Crippen molar-refractivity contribution in [3.63, 3.8) is 0 Å². The molecule has 4 nitrogen and oxygen atoms in total. The van der Waals surface area contributed by atoms with Gasteiger partial charge in [-0.3, -0.25) is 9.69 Å². The first-order valence-corrected chi connectivity index (χ1v) is 9.27. The van der Waals surface area contributed by atoms with Gasteiger partial charge < -0.3 is 10.0 Å². The number of rotatable bonds is 4. The highest BCUT2D eigenvalue weighted by Crippen LogP contribution is 2.42. The minimum absolute atomic E-state index is 0.336. The highest BCUT2D eigenvalue weighted by molar-refractivity contribution is 5.76. The second-order valence-corrected chi connectivity index (χ2v) is 9.45. The lowest BCUT2D eigenvalue weighted by Crippen LogP contribution is -2.52. The van der Waals surface area contributed by atoms with Gasteiger partial charge in [-0.1, -0.05) is 20.8 Å². The Morgan fingerprint density at radius 1 is 1.17 bits per heavy atom. The monoisotopic (exact) mass is 324 g/mol. The molecule has 1 aliphatic carbocycles. The Morgan fingerprint density at radius 2 is 1.78 bits per heavy atom. The van der Waals surface area contributed by atoms with Crippen LogP contribution in [0.2, 0.25) is 0 Å². The van der Waals surface area contributed by atoms with E-state index in [4.69, 9.17) is 0 Å². The maximum absolute atomic E-state index is 12.6. The zero-order valence-corrected chi connectivity index (χ0v) is 15.8. The Labute approximate surface area is 142 Å². The van der Waals surface area contributed by atoms with Crippen LogP contribution in [-0.2, 0) is 4.79 Å². The van der Waals surface area contributed by atoms with Gasteiger partial charge in [0, 0.05) is 39.1 Å². The van der Waals surface area contributed by atoms with Crippen molar-refractivity contribution in [3.8, 4) is 0 Å². The molecule has 1 saturated heterocycles. The van der Waals surface area contributed by atoms with Gasteiger partial charge in [0.1, 0.15) is 0 Å². The van der Waals surface area contributed by atoms with Gasteiger partial charge in [-0.25, -0.2) is 0 Å². The van der Waals surface area contributed by atoms with Crippen molar-refractivity contribution in [2.75, 3.05) is 32.7 Å². The van der Waals surface area contributed by atoms with Gasteiger partial charge in [0.25, 0.3) is 0 Å². The maximum Gasteiger partial charge on any atom is 0.222 e. The lowest BCUT2D eigenvalue weighted by molar-refractivity contribution is -0.135. The molecule has 2 rings (SSSR count). The Bertz CT molecular complexity index is 406. The van der Waals surface area contributed by atoms with Gasteiger partial charge in [0.2, 0.25) is 5.91 Å². The summed E-state index contributed by atoms with van der Waals surface area (Å²) in [5.74, 6) is 1.62. The molecule has 0 spiro atoms. The summed E-state index contributed by atoms with van der Waals surface area (Å²) < 4.78 is 0. The molecule has 1 N–H and O–H groups in total. The molecule has 1 heterocycles. The fourth-order valence-corrected chi connectivity index (χ4v) is 4.78. The summed E-state index contributed by atoms with van der Waals surface area (Å²) in [6.45, 7) is 14.8. The lowest BCUT2D eigenvalue weighted by Gasteiger charge is -2.41. The van der Waals surface area contributed by atoms with E-state index in [9.17, 15) is 9.90 Å². The Kier molecular flexibility index (Phi) is 5.78. The molecule has 4 heteroatoms. The predicted molar refractivity (Wildman–Crippen MR) is 94.2 cm³/mol. The summed E-state index contributed by atoms with van der Waals surface area (Å²) in [4.78, 5) is 16.9. The number of carbonyl (C=O) groups is 1. The largest absolute Gasteiger partial charge is 0.389 e. The molecule has 2 fully saturated rings. The van der Waals surface area contributed by atoms with Crippen molar-refractivity contribution in [2.24, 2.45) is 17.3 Å². The van der Waals surface area contributed by atoms with Crippen LogP contribution < -0.4 is 0 Å². The first-order valence-electron chi connectivity index (χ1n) is 9.27. The van der Waals surface area contributed by atoms with Crippen LogP contribution in [0.3, 0.4) is 0 Å². The van der Waals surface area contributed by atoms with E-state index in [-0.39, 0.29) is 0 Å². The summed E-state index contributed by atoms with van der Waals surface area (Å²) in [5.41, 5.74) is -0.274. The zero-order chi connectivity index (χ0) is 17.3. The summed E-state index contributed by atoms with van der Waals surface area (Å²) in [6, 6.07) is 0. The molecule has 1 aliphatic heterocycles. The van der Waals surface area contributed by atoms with Gasteiger partial charge in [-0.05, 0) is 50.4 Å². The lowest BCUT2D eigenvalue weighted by atomic mass is 9.67. The number of β-amino-alcohol motifs (C(OH)–C–C–N with tert-alkyl or cyclic N) is 1. The molecule has 0 radical (unpaired) electrons. The third kappa shape index (κ3) is 6.07. The minimum Gasteiger partial charge on any atom is -0.389 e. The summed E-state index contributed by atoms with van der Waals surface area (Å²) in [5, 5.41) is 9.91. The first kappa shape index (κ1) is 18.7. The quantitative estimate of drug-likeness (QED) is 0.865. The molecule has 2 unspecified atom stereocenters. The highest BCUT2D eigenvalue weighted by Gasteiger charge is 2.34. The third-order valence-corrected chi connectivity index (χ3v) is 5.28. The molecule has 1 amide bonds. The van der Waals surface area contributed by atoms with E-state index >= 15 is 0 Å². The smallest absolute Gasteiger partial charge is 0.222 e. The fourth-order valence-electron chi connectivity index (χ4n) is 4.78. The molecule has 1 saturated carbocycles. The molecule has 2 aliphatic rings. The van der Waals surface area contributed by atoms with E-state index in [1.54, 1.807) is 0 Å². The topological polar surface area (TPSA) is 43.8 Å². The summed E-state index contributed by atoms with van der Waals surface area (Å²) >= 11 is 0. The van der Waals surface area contributed by atoms with Crippen molar-refractivity contribution >= 4 is 5.91 Å². The number of carbonyl (C=O) groups excluding carboxylic acids is 1. The SMILES string of the molecule is CC1CC(CC(=O)N2CCN(CC(C)(C)O)CC2)CC(C)(C)C1. The van der Waals surface area contributed by atoms with Gasteiger partial charge in [0.15, 0.2) is 0 Å². The van der Waals surface area contributed by atoms with Crippen LogP contribution in [-0.4, -0.2) is 59.1 Å². The molecular weight excluding hydrogens is 288 g/mol. The van der Waals surface area contributed by atoms with Crippen molar-refractivity contribution in [1.82, 2.24) is 9.80 Å². The normalized spacial score (nSPS) is 29.6. The third-order valence-electron chi connectivity index (χ3n) is 5.28. The summed E-state index contributed by atoms with van der Waals surface area (Å²) in [7, 11) is 0. The number of piperazine rings is 1. The molecule has 0 bridgehead atoms. The maximum atomic E-state index is 12.6. The number of amides is 1. The van der Waals surface area contributed by atoms with E-state index in [2.05, 4.69) is 25.7 Å². The van der Waals surface area contributed by atoms with Crippen LogP contribution in [0.15, 0.2) is 0 Å². The standard InChI is InChI=1S/C19H36N2O2/c1-15-10-16(13-18(2,3)12-15)11-17(22)21-8-6-20(7-9-21)14-19(4,5)23/h15-16,23H,6-14H2,1-5H3. The van der Waals surface area contributed by atoms with Crippen molar-refractivity contribution in [3.05, 3.63) is 0 Å². The molecule has 134 valence electrons. The average molecular weight is 325 g/mol. The van der Waals surface area contributed by atoms with Gasteiger partial charge in [0.05, 0.1) is 5.60 Å². The Balaban J connectivity index is 1.79. The number of aliphatic hydroxyl groups is 1. The van der Waals surface area contributed by atoms with Crippen LogP contribution in [0.5, 0.6) is 0 Å². The van der Waals surface area contributed by atoms with Crippen LogP contribution in [0.4, 0.5) is 0 Å².